The van der Waals surface area contributed by atoms with Crippen LogP contribution in [0.1, 0.15) is 5.56 Å². The second-order valence-corrected chi connectivity index (χ2v) is 1.52. The van der Waals surface area contributed by atoms with Gasteiger partial charge in [0.15, 0.2) is 0 Å². The maximum absolute atomic E-state index is 5.29. The van der Waals surface area contributed by atoms with Gasteiger partial charge in [-0.15, -0.1) is 0 Å². The summed E-state index contributed by atoms with van der Waals surface area (Å²) in [4.78, 5) is 3.38. The molecule has 0 aliphatic heterocycles. The van der Waals surface area contributed by atoms with E-state index in [-0.39, 0.29) is 0 Å². The van der Waals surface area contributed by atoms with Crippen LogP contribution >= 0.6 is 0 Å². The smallest absolute Gasteiger partial charge is 0.260 e. The van der Waals surface area contributed by atoms with Gasteiger partial charge in [-0.25, -0.2) is 0 Å². The minimum absolute atomic E-state index is 0.752. The van der Waals surface area contributed by atoms with Crippen molar-refractivity contribution in [3.8, 4) is 0 Å². The van der Waals surface area contributed by atoms with Crippen LogP contribution < -0.4 is 11.1 Å². The van der Waals surface area contributed by atoms with Crippen molar-refractivity contribution in [3.63, 3.8) is 0 Å². The number of nitrogens with two attached hydrogens (primary N) is 1. The summed E-state index contributed by atoms with van der Waals surface area (Å²) < 4.78 is 0. The highest BCUT2D eigenvalue weighted by molar-refractivity contribution is 6.05. The predicted octanol–water partition coefficient (Wildman–Crippen LogP) is -0.563. The molecule has 0 unspecified atom stereocenters. The zero-order valence-electron chi connectivity index (χ0n) is 4.10. The minimum atomic E-state index is 0.752. The first kappa shape index (κ1) is 4.43. The Hall–Kier alpha value is -0.725. The zero-order chi connectivity index (χ0) is 5.44. The lowest BCUT2D eigenvalue weighted by atomic mass is 10.5. The highest BCUT2D eigenvalue weighted by Crippen LogP contribution is 2.06. The molecule has 0 amide bonds. The molecular formula is C4H5BN2. The summed E-state index contributed by atoms with van der Waals surface area (Å²) in [5.74, 6) is 0. The van der Waals surface area contributed by atoms with Gasteiger partial charge < -0.3 is 10.6 Å². The third-order valence-corrected chi connectivity index (χ3v) is 1.08. The molecule has 1 aromatic carbocycles. The third kappa shape index (κ3) is 0.445. The van der Waals surface area contributed by atoms with Gasteiger partial charge in [0.1, 0.15) is 0 Å². The number of rotatable bonds is 0. The molecule has 0 atom stereocenters. The Balaban J connectivity index is 3.03. The second-order valence-electron chi connectivity index (χ2n) is 1.52. The van der Waals surface area contributed by atoms with Gasteiger partial charge in [-0.1, -0.05) is 0 Å². The van der Waals surface area contributed by atoms with E-state index in [1.54, 1.807) is 0 Å². The van der Waals surface area contributed by atoms with Gasteiger partial charge in [-0.2, -0.15) is 0 Å². The summed E-state index contributed by atoms with van der Waals surface area (Å²) in [7, 11) is 4.88. The highest BCUT2D eigenvalue weighted by atomic mass is 14.7. The Labute approximate surface area is 43.2 Å². The standard InChI is InChI=1S/C4H5BN2/c1-2-3(6)4(2)7-5/h6H2,1H3. The van der Waals surface area contributed by atoms with Crippen LogP contribution in [-0.4, -0.2) is 7.98 Å². The number of hydrogen-bond acceptors (Lipinski definition) is 2. The molecule has 0 fully saturated rings. The SMILES string of the molecule is [B]N=c1c(C)c1N. The first-order valence-electron chi connectivity index (χ1n) is 2.02. The topological polar surface area (TPSA) is 38.4 Å². The number of hydrogen-bond donors (Lipinski definition) is 1. The van der Waals surface area contributed by atoms with Gasteiger partial charge in [0.05, 0.1) is 11.0 Å². The van der Waals surface area contributed by atoms with Crippen molar-refractivity contribution in [2.45, 2.75) is 6.92 Å². The second kappa shape index (κ2) is 1.12. The van der Waals surface area contributed by atoms with Crippen LogP contribution in [-0.2, 0) is 0 Å². The number of nitrogens with zero attached hydrogens (tertiary/aromatic N) is 1. The van der Waals surface area contributed by atoms with Crippen molar-refractivity contribution in [3.05, 3.63) is 10.9 Å². The average Bonchev–Trinajstić information content (AvgIpc) is 2.17. The molecule has 0 spiro atoms. The fraction of sp³-hybridized carbons (Fsp3) is 0.250. The molecule has 2 radical (unpaired) electrons. The lowest BCUT2D eigenvalue weighted by Gasteiger charge is -1.57. The Morgan fingerprint density at radius 1 is 1.71 bits per heavy atom. The molecule has 2 nitrogen and oxygen atoms in total. The van der Waals surface area contributed by atoms with Crippen LogP contribution in [0, 0.1) is 6.92 Å². The average molecular weight is 91.9 g/mol. The number of anilines is 1. The molecule has 1 aromatic rings. The monoisotopic (exact) mass is 92.1 g/mol. The predicted molar refractivity (Wildman–Crippen MR) is 29.3 cm³/mol. The maximum Gasteiger partial charge on any atom is 0.260 e. The molecule has 0 aliphatic carbocycles. The van der Waals surface area contributed by atoms with Gasteiger partial charge in [-0.3, -0.25) is 0 Å². The van der Waals surface area contributed by atoms with Crippen LogP contribution in [0.2, 0.25) is 0 Å². The van der Waals surface area contributed by atoms with E-state index < -0.39 is 0 Å². The highest BCUT2D eigenvalue weighted by Gasteiger charge is 2.06. The minimum Gasteiger partial charge on any atom is -0.397 e. The largest absolute Gasteiger partial charge is 0.397 e. The van der Waals surface area contributed by atoms with Crippen LogP contribution in [0.15, 0.2) is 4.90 Å². The van der Waals surface area contributed by atoms with E-state index in [0.29, 0.717) is 0 Å². The summed E-state index contributed by atoms with van der Waals surface area (Å²) in [5.41, 5.74) is 7.07. The van der Waals surface area contributed by atoms with Gasteiger partial charge in [0.2, 0.25) is 0 Å². The fourth-order valence-corrected chi connectivity index (χ4v) is 0.453. The van der Waals surface area contributed by atoms with Crippen molar-refractivity contribution in [1.29, 1.82) is 0 Å². The molecule has 1 rings (SSSR count). The summed E-state index contributed by atoms with van der Waals surface area (Å²) in [6.07, 6.45) is 0. The van der Waals surface area contributed by atoms with Crippen molar-refractivity contribution < 1.29 is 0 Å². The van der Waals surface area contributed by atoms with Gasteiger partial charge >= 0.3 is 0 Å². The molecule has 34 valence electrons. The normalized spacial score (nSPS) is 13.6. The maximum atomic E-state index is 5.29. The van der Waals surface area contributed by atoms with Crippen LogP contribution in [0.25, 0.3) is 0 Å². The van der Waals surface area contributed by atoms with E-state index in [1.165, 1.54) is 0 Å². The molecule has 0 aliphatic rings. The zero-order valence-corrected chi connectivity index (χ0v) is 4.10. The summed E-state index contributed by atoms with van der Waals surface area (Å²) in [6.45, 7) is 1.89. The first-order valence-corrected chi connectivity index (χ1v) is 2.02. The Morgan fingerprint density at radius 2 is 2.14 bits per heavy atom. The first-order chi connectivity index (χ1) is 3.27. The third-order valence-electron chi connectivity index (χ3n) is 1.08. The molecule has 0 heterocycles. The molecule has 7 heavy (non-hydrogen) atoms. The Morgan fingerprint density at radius 3 is 2.14 bits per heavy atom. The van der Waals surface area contributed by atoms with Gasteiger partial charge in [0, 0.05) is 0 Å². The molecule has 0 aromatic heterocycles. The lowest BCUT2D eigenvalue weighted by molar-refractivity contribution is 1.56. The summed E-state index contributed by atoms with van der Waals surface area (Å²) in [6, 6.07) is 0. The molecular weight excluding hydrogens is 86.9 g/mol. The summed E-state index contributed by atoms with van der Waals surface area (Å²) in [5, 5.41) is 0.778. The summed E-state index contributed by atoms with van der Waals surface area (Å²) >= 11 is 0. The Kier molecular flexibility index (Phi) is 0.710. The van der Waals surface area contributed by atoms with Crippen molar-refractivity contribution in [2.24, 2.45) is 4.90 Å². The number of nitrogen functional groups attached to an aromatic ring is 1. The van der Waals surface area contributed by atoms with Crippen molar-refractivity contribution >= 4 is 13.7 Å². The van der Waals surface area contributed by atoms with Crippen LogP contribution in [0.5, 0.6) is 0 Å². The molecule has 2 N–H and O–H groups in total. The molecule has 0 saturated carbocycles. The van der Waals surface area contributed by atoms with E-state index in [0.717, 1.165) is 16.6 Å². The van der Waals surface area contributed by atoms with E-state index in [4.69, 9.17) is 13.7 Å². The molecule has 3 heteroatoms. The van der Waals surface area contributed by atoms with Crippen LogP contribution in [0.3, 0.4) is 0 Å². The Bertz CT molecular complexity index is 178. The van der Waals surface area contributed by atoms with Gasteiger partial charge in [-0.05, 0) is 12.5 Å². The van der Waals surface area contributed by atoms with Crippen LogP contribution in [0.4, 0.5) is 5.69 Å². The van der Waals surface area contributed by atoms with E-state index in [2.05, 4.69) is 4.90 Å². The lowest BCUT2D eigenvalue weighted by Crippen LogP contribution is -1.85. The van der Waals surface area contributed by atoms with Crippen molar-refractivity contribution in [2.75, 3.05) is 5.73 Å². The van der Waals surface area contributed by atoms with Crippen molar-refractivity contribution in [1.82, 2.24) is 0 Å². The molecule has 0 bridgehead atoms. The van der Waals surface area contributed by atoms with E-state index in [9.17, 15) is 0 Å². The fourth-order valence-electron chi connectivity index (χ4n) is 0.453. The van der Waals surface area contributed by atoms with Gasteiger partial charge in [0.25, 0.3) is 7.98 Å². The molecule has 0 saturated heterocycles. The quantitative estimate of drug-likeness (QED) is 0.428. The van der Waals surface area contributed by atoms with E-state index in [1.807, 2.05) is 6.92 Å². The van der Waals surface area contributed by atoms with E-state index >= 15 is 0 Å².